The molecule has 0 spiro atoms. The number of rotatable bonds is 6. The third kappa shape index (κ3) is 7.10. The van der Waals surface area contributed by atoms with E-state index in [9.17, 15) is 4.79 Å². The van der Waals surface area contributed by atoms with E-state index in [1.54, 1.807) is 12.2 Å². The first-order valence-electron chi connectivity index (χ1n) is 4.56. The Kier molecular flexibility index (Phi) is 7.15. The van der Waals surface area contributed by atoms with E-state index < -0.39 is 0 Å². The van der Waals surface area contributed by atoms with Gasteiger partial charge >= 0.3 is 0 Å². The number of amides is 1. The van der Waals surface area contributed by atoms with Crippen molar-refractivity contribution in [2.45, 2.75) is 13.3 Å². The molecule has 0 aliphatic heterocycles. The van der Waals surface area contributed by atoms with Crippen LogP contribution < -0.4 is 5.32 Å². The van der Waals surface area contributed by atoms with Gasteiger partial charge in [-0.1, -0.05) is 43.5 Å². The zero-order valence-electron chi connectivity index (χ0n) is 8.62. The van der Waals surface area contributed by atoms with Crippen LogP contribution in [0.5, 0.6) is 0 Å². The normalized spacial score (nSPS) is 11.4. The van der Waals surface area contributed by atoms with E-state index in [2.05, 4.69) is 18.5 Å². The number of hydrogen-bond acceptors (Lipinski definition) is 1. The number of nitrogens with one attached hydrogen (secondary N) is 1. The summed E-state index contributed by atoms with van der Waals surface area (Å²) < 4.78 is 0. The maximum Gasteiger partial charge on any atom is 0.216 e. The Bertz CT molecular complexity index is 261. The van der Waals surface area contributed by atoms with Crippen molar-refractivity contribution in [3.8, 4) is 0 Å². The van der Waals surface area contributed by atoms with Crippen LogP contribution in [0.2, 0.25) is 0 Å². The molecule has 76 valence electrons. The largest absolute Gasteiger partial charge is 0.356 e. The van der Waals surface area contributed by atoms with Crippen molar-refractivity contribution in [2.24, 2.45) is 0 Å². The lowest BCUT2D eigenvalue weighted by molar-refractivity contribution is -0.118. The van der Waals surface area contributed by atoms with E-state index in [0.29, 0.717) is 6.54 Å². The monoisotopic (exact) mass is 191 g/mol. The quantitative estimate of drug-likeness (QED) is 0.642. The second kappa shape index (κ2) is 8.05. The first kappa shape index (κ1) is 12.4. The molecule has 0 aliphatic rings. The molecule has 0 rings (SSSR count). The summed E-state index contributed by atoms with van der Waals surface area (Å²) in [6.07, 6.45) is 9.99. The molecule has 2 heteroatoms. The molecule has 0 aromatic rings. The van der Waals surface area contributed by atoms with Gasteiger partial charge in [-0.25, -0.2) is 0 Å². The van der Waals surface area contributed by atoms with Crippen molar-refractivity contribution in [3.63, 3.8) is 0 Å². The lowest BCUT2D eigenvalue weighted by Gasteiger charge is -2.02. The summed E-state index contributed by atoms with van der Waals surface area (Å²) in [4.78, 5) is 10.6. The van der Waals surface area contributed by atoms with E-state index >= 15 is 0 Å². The molecule has 0 bridgehead atoms. The van der Waals surface area contributed by atoms with Crippen LogP contribution in [-0.2, 0) is 4.79 Å². The van der Waals surface area contributed by atoms with E-state index in [1.165, 1.54) is 6.92 Å². The fourth-order valence-electron chi connectivity index (χ4n) is 0.948. The van der Waals surface area contributed by atoms with Crippen molar-refractivity contribution in [1.29, 1.82) is 0 Å². The predicted octanol–water partition coefficient (Wildman–Crippen LogP) is 2.37. The maximum absolute atomic E-state index is 10.6. The molecule has 1 N–H and O–H groups in total. The van der Waals surface area contributed by atoms with Gasteiger partial charge in [-0.2, -0.15) is 0 Å². The summed E-state index contributed by atoms with van der Waals surface area (Å²) in [6.45, 7) is 9.38. The molecule has 1 amide bonds. The Morgan fingerprint density at radius 2 is 2.07 bits per heavy atom. The number of allylic oxidation sites excluding steroid dienone is 5. The van der Waals surface area contributed by atoms with Gasteiger partial charge in [0.15, 0.2) is 0 Å². The molecule has 0 aromatic heterocycles. The van der Waals surface area contributed by atoms with Gasteiger partial charge < -0.3 is 5.32 Å². The fourth-order valence-corrected chi connectivity index (χ4v) is 0.948. The third-order valence-corrected chi connectivity index (χ3v) is 1.57. The number of carbonyl (C=O) groups is 1. The molecule has 0 aliphatic carbocycles. The molecule has 0 radical (unpaired) electrons. The van der Waals surface area contributed by atoms with E-state index in [-0.39, 0.29) is 5.91 Å². The number of carbonyl (C=O) groups excluding carboxylic acids is 1. The Hall–Kier alpha value is -1.57. The summed E-state index contributed by atoms with van der Waals surface area (Å²) in [5, 5.41) is 2.74. The maximum atomic E-state index is 10.6. The second-order valence-electron chi connectivity index (χ2n) is 2.81. The molecule has 14 heavy (non-hydrogen) atoms. The fraction of sp³-hybridized carbons (Fsp3) is 0.250. The van der Waals surface area contributed by atoms with Crippen LogP contribution in [-0.4, -0.2) is 12.5 Å². The molecular weight excluding hydrogens is 174 g/mol. The summed E-state index contributed by atoms with van der Waals surface area (Å²) in [7, 11) is 0. The van der Waals surface area contributed by atoms with Gasteiger partial charge in [0, 0.05) is 13.5 Å². The highest BCUT2D eigenvalue weighted by Gasteiger charge is 1.93. The smallest absolute Gasteiger partial charge is 0.216 e. The highest BCUT2D eigenvalue weighted by Crippen LogP contribution is 2.02. The molecule has 0 heterocycles. The number of hydrogen-bond donors (Lipinski definition) is 1. The van der Waals surface area contributed by atoms with Crippen molar-refractivity contribution in [3.05, 3.63) is 49.1 Å². The Morgan fingerprint density at radius 3 is 2.57 bits per heavy atom. The van der Waals surface area contributed by atoms with Crippen LogP contribution in [0.3, 0.4) is 0 Å². The lowest BCUT2D eigenvalue weighted by Crippen LogP contribution is -2.20. The minimum Gasteiger partial charge on any atom is -0.356 e. The average molecular weight is 191 g/mol. The minimum atomic E-state index is -0.00402. The van der Waals surface area contributed by atoms with Crippen LogP contribution in [0, 0.1) is 0 Å². The molecule has 0 unspecified atom stereocenters. The van der Waals surface area contributed by atoms with Crippen LogP contribution in [0.1, 0.15) is 13.3 Å². The third-order valence-electron chi connectivity index (χ3n) is 1.57. The van der Waals surface area contributed by atoms with Gasteiger partial charge in [-0.15, -0.1) is 0 Å². The molecular formula is C12H17NO. The standard InChI is InChI=1S/C12H17NO/c1-4-6-8-12(7-5-2)9-10-13-11(3)14/h4-8H,1-2,9-10H2,3H3,(H,13,14)/b8-6-,12-7+. The summed E-state index contributed by atoms with van der Waals surface area (Å²) in [5.41, 5.74) is 1.12. The van der Waals surface area contributed by atoms with Crippen LogP contribution in [0.25, 0.3) is 0 Å². The second-order valence-corrected chi connectivity index (χ2v) is 2.81. The lowest BCUT2D eigenvalue weighted by atomic mass is 10.1. The highest BCUT2D eigenvalue weighted by atomic mass is 16.1. The van der Waals surface area contributed by atoms with Crippen LogP contribution >= 0.6 is 0 Å². The highest BCUT2D eigenvalue weighted by molar-refractivity contribution is 5.72. The minimum absolute atomic E-state index is 0.00402. The zero-order valence-corrected chi connectivity index (χ0v) is 8.62. The van der Waals surface area contributed by atoms with E-state index in [0.717, 1.165) is 12.0 Å². The first-order chi connectivity index (χ1) is 6.70. The molecule has 2 nitrogen and oxygen atoms in total. The Balaban J connectivity index is 4.04. The molecule has 0 aromatic carbocycles. The Morgan fingerprint density at radius 1 is 1.36 bits per heavy atom. The summed E-state index contributed by atoms with van der Waals surface area (Å²) in [6, 6.07) is 0. The molecule has 0 atom stereocenters. The van der Waals surface area contributed by atoms with Gasteiger partial charge in [0.05, 0.1) is 0 Å². The SMILES string of the molecule is C=C/C=C\C(=C/C=C)CCNC(C)=O. The van der Waals surface area contributed by atoms with Crippen molar-refractivity contribution < 1.29 is 4.79 Å². The van der Waals surface area contributed by atoms with E-state index in [4.69, 9.17) is 0 Å². The van der Waals surface area contributed by atoms with Gasteiger partial charge in [0.1, 0.15) is 0 Å². The van der Waals surface area contributed by atoms with Crippen molar-refractivity contribution >= 4 is 5.91 Å². The van der Waals surface area contributed by atoms with Crippen LogP contribution in [0.15, 0.2) is 49.1 Å². The van der Waals surface area contributed by atoms with Crippen molar-refractivity contribution in [1.82, 2.24) is 5.32 Å². The topological polar surface area (TPSA) is 29.1 Å². The zero-order chi connectivity index (χ0) is 10.8. The molecule has 0 saturated carbocycles. The van der Waals surface area contributed by atoms with Gasteiger partial charge in [0.25, 0.3) is 0 Å². The predicted molar refractivity (Wildman–Crippen MR) is 60.9 cm³/mol. The van der Waals surface area contributed by atoms with E-state index in [1.807, 2.05) is 18.2 Å². The Labute approximate surface area is 85.7 Å². The van der Waals surface area contributed by atoms with Gasteiger partial charge in [-0.3, -0.25) is 4.79 Å². The average Bonchev–Trinajstić information content (AvgIpc) is 2.13. The van der Waals surface area contributed by atoms with Gasteiger partial charge in [-0.05, 0) is 12.0 Å². The summed E-state index contributed by atoms with van der Waals surface area (Å²) in [5.74, 6) is -0.00402. The van der Waals surface area contributed by atoms with Crippen molar-refractivity contribution in [2.75, 3.05) is 6.54 Å². The summed E-state index contributed by atoms with van der Waals surface area (Å²) >= 11 is 0. The molecule has 0 fully saturated rings. The van der Waals surface area contributed by atoms with Crippen LogP contribution in [0.4, 0.5) is 0 Å². The molecule has 0 saturated heterocycles. The van der Waals surface area contributed by atoms with Gasteiger partial charge in [0.2, 0.25) is 5.91 Å². The first-order valence-corrected chi connectivity index (χ1v) is 4.56.